The molecule has 0 heterocycles. The number of hydrogen-bond donors (Lipinski definition) is 3. The SMILES string of the molecule is CCC(CO)NC(=O)Cc1ccc(NC(=O)C2C3CCCCC32)cc1. The fraction of sp³-hybridized carbons (Fsp3) is 0.600. The Labute approximate surface area is 149 Å². The van der Waals surface area contributed by atoms with Crippen molar-refractivity contribution < 1.29 is 14.7 Å². The zero-order chi connectivity index (χ0) is 17.8. The lowest BCUT2D eigenvalue weighted by molar-refractivity contribution is -0.121. The molecule has 2 aliphatic carbocycles. The van der Waals surface area contributed by atoms with Crippen LogP contribution in [0.15, 0.2) is 24.3 Å². The van der Waals surface area contributed by atoms with Crippen LogP contribution in [-0.4, -0.2) is 29.6 Å². The molecule has 1 aromatic rings. The standard InChI is InChI=1S/C20H28N2O3/c1-2-14(12-23)21-18(24)11-13-7-9-15(10-8-13)22-20(25)19-16-5-3-4-6-17(16)19/h7-10,14,16-17,19,23H,2-6,11-12H2,1H3,(H,21,24)(H,22,25). The van der Waals surface area contributed by atoms with E-state index in [-0.39, 0.29) is 36.8 Å². The normalized spacial score (nSPS) is 25.6. The van der Waals surface area contributed by atoms with Gasteiger partial charge in [0, 0.05) is 11.6 Å². The van der Waals surface area contributed by atoms with Crippen molar-refractivity contribution in [2.24, 2.45) is 17.8 Å². The van der Waals surface area contributed by atoms with E-state index >= 15 is 0 Å². The summed E-state index contributed by atoms with van der Waals surface area (Å²) in [6.45, 7) is 1.88. The highest BCUT2D eigenvalue weighted by atomic mass is 16.3. The Morgan fingerprint density at radius 1 is 1.16 bits per heavy atom. The van der Waals surface area contributed by atoms with Crippen LogP contribution in [0.1, 0.15) is 44.6 Å². The van der Waals surface area contributed by atoms with Crippen LogP contribution in [0.25, 0.3) is 0 Å². The summed E-state index contributed by atoms with van der Waals surface area (Å²) in [6.07, 6.45) is 5.90. The second-order valence-electron chi connectivity index (χ2n) is 7.36. The monoisotopic (exact) mass is 344 g/mol. The lowest BCUT2D eigenvalue weighted by Crippen LogP contribution is -2.37. The average Bonchev–Trinajstić information content (AvgIpc) is 3.36. The van der Waals surface area contributed by atoms with Gasteiger partial charge in [-0.2, -0.15) is 0 Å². The average molecular weight is 344 g/mol. The van der Waals surface area contributed by atoms with Crippen molar-refractivity contribution in [1.29, 1.82) is 0 Å². The molecule has 0 aromatic heterocycles. The lowest BCUT2D eigenvalue weighted by atomic mass is 10.0. The van der Waals surface area contributed by atoms with Crippen LogP contribution in [-0.2, 0) is 16.0 Å². The smallest absolute Gasteiger partial charge is 0.228 e. The van der Waals surface area contributed by atoms with Crippen molar-refractivity contribution >= 4 is 17.5 Å². The van der Waals surface area contributed by atoms with Crippen LogP contribution in [0.2, 0.25) is 0 Å². The molecule has 3 atom stereocenters. The highest BCUT2D eigenvalue weighted by molar-refractivity contribution is 5.95. The minimum Gasteiger partial charge on any atom is -0.394 e. The van der Waals surface area contributed by atoms with E-state index < -0.39 is 0 Å². The Bertz CT molecular complexity index is 598. The minimum absolute atomic E-state index is 0.0453. The van der Waals surface area contributed by atoms with E-state index in [4.69, 9.17) is 5.11 Å². The van der Waals surface area contributed by atoms with Gasteiger partial charge in [0.15, 0.2) is 0 Å². The van der Waals surface area contributed by atoms with Crippen LogP contribution in [0, 0.1) is 17.8 Å². The van der Waals surface area contributed by atoms with Gasteiger partial charge in [-0.15, -0.1) is 0 Å². The third-order valence-corrected chi connectivity index (χ3v) is 5.62. The summed E-state index contributed by atoms with van der Waals surface area (Å²) in [5, 5.41) is 15.0. The van der Waals surface area contributed by atoms with E-state index in [2.05, 4.69) is 10.6 Å². The fourth-order valence-corrected chi connectivity index (χ4v) is 4.05. The number of anilines is 1. The summed E-state index contributed by atoms with van der Waals surface area (Å²) in [7, 11) is 0. The maximum atomic E-state index is 12.4. The Hall–Kier alpha value is -1.88. The van der Waals surface area contributed by atoms with Crippen LogP contribution >= 0.6 is 0 Å². The van der Waals surface area contributed by atoms with Gasteiger partial charge in [0.2, 0.25) is 11.8 Å². The Morgan fingerprint density at radius 3 is 2.36 bits per heavy atom. The Morgan fingerprint density at radius 2 is 1.80 bits per heavy atom. The minimum atomic E-state index is -0.187. The first-order valence-corrected chi connectivity index (χ1v) is 9.42. The first kappa shape index (κ1) is 17.9. The number of hydrogen-bond acceptors (Lipinski definition) is 3. The molecule has 0 spiro atoms. The van der Waals surface area contributed by atoms with Crippen LogP contribution in [0.4, 0.5) is 5.69 Å². The van der Waals surface area contributed by atoms with Crippen LogP contribution in [0.3, 0.4) is 0 Å². The number of benzene rings is 1. The van der Waals surface area contributed by atoms with Gasteiger partial charge in [-0.3, -0.25) is 9.59 Å². The van der Waals surface area contributed by atoms with Crippen molar-refractivity contribution in [2.45, 2.75) is 51.5 Å². The van der Waals surface area contributed by atoms with Gasteiger partial charge >= 0.3 is 0 Å². The second-order valence-corrected chi connectivity index (χ2v) is 7.36. The molecule has 2 aliphatic rings. The molecule has 2 amide bonds. The first-order chi connectivity index (χ1) is 12.1. The number of amides is 2. The second kappa shape index (κ2) is 8.00. The van der Waals surface area contributed by atoms with Crippen molar-refractivity contribution in [3.05, 3.63) is 29.8 Å². The van der Waals surface area contributed by atoms with Crippen LogP contribution in [0.5, 0.6) is 0 Å². The molecule has 3 rings (SSSR count). The fourth-order valence-electron chi connectivity index (χ4n) is 4.05. The van der Waals surface area contributed by atoms with Gasteiger partial charge in [0.25, 0.3) is 0 Å². The maximum Gasteiger partial charge on any atom is 0.228 e. The molecule has 2 fully saturated rings. The van der Waals surface area contributed by atoms with E-state index in [0.29, 0.717) is 18.3 Å². The number of aliphatic hydroxyl groups excluding tert-OH is 1. The number of fused-ring (bicyclic) bond motifs is 1. The van der Waals surface area contributed by atoms with Gasteiger partial charge in [-0.1, -0.05) is 31.9 Å². The van der Waals surface area contributed by atoms with E-state index in [1.54, 1.807) is 0 Å². The molecule has 0 bridgehead atoms. The molecule has 2 saturated carbocycles. The zero-order valence-corrected chi connectivity index (χ0v) is 14.8. The van der Waals surface area contributed by atoms with Crippen molar-refractivity contribution in [1.82, 2.24) is 5.32 Å². The van der Waals surface area contributed by atoms with Crippen molar-refractivity contribution in [3.8, 4) is 0 Å². The molecule has 0 aliphatic heterocycles. The maximum absolute atomic E-state index is 12.4. The first-order valence-electron chi connectivity index (χ1n) is 9.42. The van der Waals surface area contributed by atoms with Crippen molar-refractivity contribution in [3.63, 3.8) is 0 Å². The van der Waals surface area contributed by atoms with Gasteiger partial charge in [-0.25, -0.2) is 0 Å². The van der Waals surface area contributed by atoms with Gasteiger partial charge < -0.3 is 15.7 Å². The molecular formula is C20H28N2O3. The summed E-state index contributed by atoms with van der Waals surface area (Å²) in [6, 6.07) is 7.27. The van der Waals surface area contributed by atoms with E-state index in [1.165, 1.54) is 25.7 Å². The number of nitrogens with one attached hydrogen (secondary N) is 2. The Balaban J connectivity index is 1.49. The van der Waals surface area contributed by atoms with E-state index in [0.717, 1.165) is 11.3 Å². The lowest BCUT2D eigenvalue weighted by Gasteiger charge is -2.14. The highest BCUT2D eigenvalue weighted by Gasteiger charge is 2.54. The van der Waals surface area contributed by atoms with Crippen LogP contribution < -0.4 is 10.6 Å². The van der Waals surface area contributed by atoms with Crippen molar-refractivity contribution in [2.75, 3.05) is 11.9 Å². The Kier molecular flexibility index (Phi) is 5.74. The molecule has 1 aromatic carbocycles. The quantitative estimate of drug-likeness (QED) is 0.711. The summed E-state index contributed by atoms with van der Waals surface area (Å²) in [4.78, 5) is 24.3. The van der Waals surface area contributed by atoms with E-state index in [1.807, 2.05) is 31.2 Å². The number of rotatable bonds is 7. The molecule has 136 valence electrons. The topological polar surface area (TPSA) is 78.4 Å². The number of carbonyl (C=O) groups is 2. The summed E-state index contributed by atoms with van der Waals surface area (Å²) in [5.41, 5.74) is 1.68. The molecule has 5 nitrogen and oxygen atoms in total. The summed E-state index contributed by atoms with van der Waals surface area (Å²) >= 11 is 0. The third kappa shape index (κ3) is 4.40. The molecular weight excluding hydrogens is 316 g/mol. The molecule has 3 unspecified atom stereocenters. The van der Waals surface area contributed by atoms with E-state index in [9.17, 15) is 9.59 Å². The molecule has 3 N–H and O–H groups in total. The number of aliphatic hydroxyl groups is 1. The highest BCUT2D eigenvalue weighted by Crippen LogP contribution is 2.55. The third-order valence-electron chi connectivity index (χ3n) is 5.62. The summed E-state index contributed by atoms with van der Waals surface area (Å²) in [5.74, 6) is 1.47. The molecule has 25 heavy (non-hydrogen) atoms. The largest absolute Gasteiger partial charge is 0.394 e. The zero-order valence-electron chi connectivity index (χ0n) is 14.8. The molecule has 0 saturated heterocycles. The molecule has 0 radical (unpaired) electrons. The predicted octanol–water partition coefficient (Wildman–Crippen LogP) is 2.49. The number of carbonyl (C=O) groups excluding carboxylic acids is 2. The summed E-state index contributed by atoms with van der Waals surface area (Å²) < 4.78 is 0. The molecule has 5 heteroatoms. The van der Waals surface area contributed by atoms with Gasteiger partial charge in [0.1, 0.15) is 0 Å². The van der Waals surface area contributed by atoms with Gasteiger partial charge in [-0.05, 0) is 48.8 Å². The predicted molar refractivity (Wildman–Crippen MR) is 97.0 cm³/mol. The van der Waals surface area contributed by atoms with Gasteiger partial charge in [0.05, 0.1) is 19.1 Å².